The molecule has 0 aliphatic heterocycles. The fourth-order valence-electron chi connectivity index (χ4n) is 2.89. The molecule has 1 unspecified atom stereocenters. The van der Waals surface area contributed by atoms with Crippen molar-refractivity contribution in [1.82, 2.24) is 15.3 Å². The summed E-state index contributed by atoms with van der Waals surface area (Å²) in [5.41, 5.74) is 0.706. The van der Waals surface area contributed by atoms with Gasteiger partial charge in [-0.3, -0.25) is 19.4 Å². The number of H-pyrrole nitrogens is 2. The van der Waals surface area contributed by atoms with E-state index in [9.17, 15) is 19.2 Å². The SMILES string of the molecule is CCOC(=O)C(CNC(=O)CCc1c(C)[nH]c(=O)[nH]c1=O)Cc1ccccc1. The first-order valence-corrected chi connectivity index (χ1v) is 9.20. The number of esters is 1. The zero-order valence-corrected chi connectivity index (χ0v) is 16.0. The van der Waals surface area contributed by atoms with Crippen LogP contribution in [-0.4, -0.2) is 35.0 Å². The van der Waals surface area contributed by atoms with Crippen molar-refractivity contribution in [3.05, 3.63) is 68.0 Å². The zero-order chi connectivity index (χ0) is 20.5. The molecular weight excluding hydrogens is 362 g/mol. The van der Waals surface area contributed by atoms with E-state index in [2.05, 4.69) is 15.3 Å². The minimum atomic E-state index is -0.575. The maximum atomic E-state index is 12.2. The van der Waals surface area contributed by atoms with E-state index >= 15 is 0 Å². The van der Waals surface area contributed by atoms with E-state index in [0.717, 1.165) is 5.56 Å². The van der Waals surface area contributed by atoms with Crippen LogP contribution in [0.2, 0.25) is 0 Å². The van der Waals surface area contributed by atoms with Gasteiger partial charge in [0.2, 0.25) is 5.91 Å². The van der Waals surface area contributed by atoms with E-state index in [1.165, 1.54) is 0 Å². The summed E-state index contributed by atoms with van der Waals surface area (Å²) < 4.78 is 5.11. The Bertz CT molecular complexity index is 917. The molecule has 0 bridgehead atoms. The average molecular weight is 387 g/mol. The first kappa shape index (κ1) is 21.1. The minimum absolute atomic E-state index is 0.0663. The monoisotopic (exact) mass is 387 g/mol. The number of carbonyl (C=O) groups excluding carboxylic acids is 2. The molecule has 2 aromatic rings. The van der Waals surface area contributed by atoms with Gasteiger partial charge in [-0.25, -0.2) is 4.79 Å². The van der Waals surface area contributed by atoms with Gasteiger partial charge in [-0.05, 0) is 32.3 Å². The van der Waals surface area contributed by atoms with Gasteiger partial charge in [-0.15, -0.1) is 0 Å². The molecule has 8 heteroatoms. The number of hydrogen-bond acceptors (Lipinski definition) is 5. The number of rotatable bonds is 9. The second-order valence-corrected chi connectivity index (χ2v) is 6.45. The average Bonchev–Trinajstić information content (AvgIpc) is 2.65. The molecule has 8 nitrogen and oxygen atoms in total. The molecule has 0 spiro atoms. The Labute approximate surface area is 162 Å². The number of hydrogen-bond donors (Lipinski definition) is 3. The molecule has 0 radical (unpaired) electrons. The highest BCUT2D eigenvalue weighted by Crippen LogP contribution is 2.10. The molecule has 150 valence electrons. The number of aromatic nitrogens is 2. The van der Waals surface area contributed by atoms with Crippen LogP contribution < -0.4 is 16.6 Å². The maximum Gasteiger partial charge on any atom is 0.325 e. The van der Waals surface area contributed by atoms with Gasteiger partial charge >= 0.3 is 11.7 Å². The Hall–Kier alpha value is -3.16. The summed E-state index contributed by atoms with van der Waals surface area (Å²) in [4.78, 5) is 52.1. The highest BCUT2D eigenvalue weighted by atomic mass is 16.5. The van der Waals surface area contributed by atoms with Gasteiger partial charge in [-0.1, -0.05) is 30.3 Å². The smallest absolute Gasteiger partial charge is 0.325 e. The normalized spacial score (nSPS) is 11.6. The van der Waals surface area contributed by atoms with E-state index in [-0.39, 0.29) is 37.9 Å². The van der Waals surface area contributed by atoms with Crippen molar-refractivity contribution in [2.24, 2.45) is 5.92 Å². The summed E-state index contributed by atoms with van der Waals surface area (Å²) >= 11 is 0. The lowest BCUT2D eigenvalue weighted by molar-refractivity contribution is -0.147. The van der Waals surface area contributed by atoms with E-state index in [4.69, 9.17) is 4.74 Å². The first-order valence-electron chi connectivity index (χ1n) is 9.20. The van der Waals surface area contributed by atoms with Crippen molar-refractivity contribution < 1.29 is 14.3 Å². The van der Waals surface area contributed by atoms with Crippen LogP contribution in [0.4, 0.5) is 0 Å². The van der Waals surface area contributed by atoms with E-state index in [1.807, 2.05) is 30.3 Å². The number of aromatic amines is 2. The highest BCUT2D eigenvalue weighted by Gasteiger charge is 2.21. The molecule has 0 saturated carbocycles. The van der Waals surface area contributed by atoms with Crippen molar-refractivity contribution in [2.75, 3.05) is 13.2 Å². The molecule has 1 aromatic carbocycles. The Morgan fingerprint density at radius 1 is 1.14 bits per heavy atom. The maximum absolute atomic E-state index is 12.2. The molecule has 0 aliphatic carbocycles. The van der Waals surface area contributed by atoms with Gasteiger partial charge < -0.3 is 15.0 Å². The predicted octanol–water partition coefficient (Wildman–Crippen LogP) is 0.842. The number of aryl methyl sites for hydroxylation is 1. The van der Waals surface area contributed by atoms with Crippen molar-refractivity contribution >= 4 is 11.9 Å². The van der Waals surface area contributed by atoms with Crippen LogP contribution in [-0.2, 0) is 27.2 Å². The van der Waals surface area contributed by atoms with Crippen molar-refractivity contribution in [3.63, 3.8) is 0 Å². The number of amides is 1. The molecule has 3 N–H and O–H groups in total. The lowest BCUT2D eigenvalue weighted by atomic mass is 9.99. The summed E-state index contributed by atoms with van der Waals surface area (Å²) in [6.45, 7) is 3.76. The van der Waals surface area contributed by atoms with Crippen molar-refractivity contribution in [1.29, 1.82) is 0 Å². The third kappa shape index (κ3) is 6.22. The minimum Gasteiger partial charge on any atom is -0.466 e. The van der Waals surface area contributed by atoms with E-state index in [0.29, 0.717) is 17.7 Å². The standard InChI is InChI=1S/C20H25N3O5/c1-3-28-19(26)15(11-14-7-5-4-6-8-14)12-21-17(24)10-9-16-13(2)22-20(27)23-18(16)25/h4-8,15H,3,9-12H2,1-2H3,(H,21,24)(H2,22,23,25,27). The predicted molar refractivity (Wildman–Crippen MR) is 104 cm³/mol. The van der Waals surface area contributed by atoms with Crippen molar-refractivity contribution in [3.8, 4) is 0 Å². The second kappa shape index (κ2) is 10.2. The number of nitrogens with one attached hydrogen (secondary N) is 3. The largest absolute Gasteiger partial charge is 0.466 e. The molecule has 0 saturated heterocycles. The van der Waals surface area contributed by atoms with Gasteiger partial charge in [-0.2, -0.15) is 0 Å². The second-order valence-electron chi connectivity index (χ2n) is 6.45. The summed E-state index contributed by atoms with van der Waals surface area (Å²) in [6, 6.07) is 9.50. The van der Waals surface area contributed by atoms with Crippen LogP contribution in [0.15, 0.2) is 39.9 Å². The van der Waals surface area contributed by atoms with Gasteiger partial charge in [0.1, 0.15) is 0 Å². The number of ether oxygens (including phenoxy) is 1. The highest BCUT2D eigenvalue weighted by molar-refractivity contribution is 5.78. The van der Waals surface area contributed by atoms with Gasteiger partial charge in [0.05, 0.1) is 12.5 Å². The molecule has 1 atom stereocenters. The molecule has 0 aliphatic rings. The summed E-state index contributed by atoms with van der Waals surface area (Å²) in [6.07, 6.45) is 0.710. The molecule has 28 heavy (non-hydrogen) atoms. The van der Waals surface area contributed by atoms with Gasteiger partial charge in [0, 0.05) is 24.2 Å². The molecule has 1 heterocycles. The molecule has 1 amide bonds. The van der Waals surface area contributed by atoms with E-state index in [1.54, 1.807) is 13.8 Å². The third-order valence-corrected chi connectivity index (χ3v) is 4.35. The van der Waals surface area contributed by atoms with E-state index < -0.39 is 17.2 Å². The molecule has 2 rings (SSSR count). The lowest BCUT2D eigenvalue weighted by Gasteiger charge is -2.16. The van der Waals surface area contributed by atoms with Crippen LogP contribution in [0.25, 0.3) is 0 Å². The van der Waals surface area contributed by atoms with Crippen LogP contribution >= 0.6 is 0 Å². The number of carbonyl (C=O) groups is 2. The van der Waals surface area contributed by atoms with Crippen LogP contribution in [0.3, 0.4) is 0 Å². The Balaban J connectivity index is 1.94. The van der Waals surface area contributed by atoms with Crippen molar-refractivity contribution in [2.45, 2.75) is 33.1 Å². The molecule has 1 aromatic heterocycles. The quantitative estimate of drug-likeness (QED) is 0.551. The fraction of sp³-hybridized carbons (Fsp3) is 0.400. The summed E-state index contributed by atoms with van der Waals surface area (Å²) in [5.74, 6) is -1.14. The Morgan fingerprint density at radius 2 is 1.86 bits per heavy atom. The van der Waals surface area contributed by atoms with Crippen LogP contribution in [0.1, 0.15) is 30.2 Å². The van der Waals surface area contributed by atoms with Crippen LogP contribution in [0, 0.1) is 12.8 Å². The van der Waals surface area contributed by atoms with Gasteiger partial charge in [0.15, 0.2) is 0 Å². The zero-order valence-electron chi connectivity index (χ0n) is 16.0. The summed E-state index contributed by atoms with van der Waals surface area (Å²) in [7, 11) is 0. The van der Waals surface area contributed by atoms with Crippen LogP contribution in [0.5, 0.6) is 0 Å². The lowest BCUT2D eigenvalue weighted by Crippen LogP contribution is -2.35. The summed E-state index contributed by atoms with van der Waals surface area (Å²) in [5, 5.41) is 2.74. The molecular formula is C20H25N3O5. The number of benzene rings is 1. The molecule has 0 fully saturated rings. The topological polar surface area (TPSA) is 121 Å². The Kier molecular flexibility index (Phi) is 7.74. The van der Waals surface area contributed by atoms with Gasteiger partial charge in [0.25, 0.3) is 5.56 Å². The fourth-order valence-corrected chi connectivity index (χ4v) is 2.89. The Morgan fingerprint density at radius 3 is 2.50 bits per heavy atom. The third-order valence-electron chi connectivity index (χ3n) is 4.35. The first-order chi connectivity index (χ1) is 13.4.